The topological polar surface area (TPSA) is 105 Å². The lowest BCUT2D eigenvalue weighted by Crippen LogP contribution is -2.52. The molecule has 1 saturated heterocycles. The molecule has 0 unspecified atom stereocenters. The largest absolute Gasteiger partial charge is 0.497 e. The molecule has 1 heterocycles. The minimum Gasteiger partial charge on any atom is -0.497 e. The van der Waals surface area contributed by atoms with Gasteiger partial charge in [-0.3, -0.25) is 9.59 Å². The number of ether oxygens (including phenoxy) is 1. The van der Waals surface area contributed by atoms with Gasteiger partial charge in [0.1, 0.15) is 11.8 Å². The van der Waals surface area contributed by atoms with E-state index >= 15 is 0 Å². The van der Waals surface area contributed by atoms with Crippen LogP contribution in [0, 0.1) is 18.8 Å². The summed E-state index contributed by atoms with van der Waals surface area (Å²) in [6.45, 7) is 6.55. The molecule has 1 aliphatic rings. The zero-order valence-corrected chi connectivity index (χ0v) is 21.6. The Morgan fingerprint density at radius 1 is 1.03 bits per heavy atom. The van der Waals surface area contributed by atoms with Gasteiger partial charge in [-0.2, -0.15) is 4.31 Å². The maximum Gasteiger partial charge on any atom is 0.243 e. The predicted octanol–water partition coefficient (Wildman–Crippen LogP) is 2.86. The molecular weight excluding hydrogens is 466 g/mol. The third kappa shape index (κ3) is 6.82. The molecule has 0 bridgehead atoms. The highest BCUT2D eigenvalue weighted by Gasteiger charge is 2.34. The number of rotatable bonds is 9. The smallest absolute Gasteiger partial charge is 0.243 e. The predicted molar refractivity (Wildman–Crippen MR) is 134 cm³/mol. The quantitative estimate of drug-likeness (QED) is 0.550. The van der Waals surface area contributed by atoms with Gasteiger partial charge in [-0.1, -0.05) is 43.7 Å². The number of aryl methyl sites for hydroxylation is 1. The second kappa shape index (κ2) is 11.7. The minimum atomic E-state index is -3.59. The Labute approximate surface area is 208 Å². The van der Waals surface area contributed by atoms with Crippen LogP contribution >= 0.6 is 0 Å². The number of carbonyl (C=O) groups is 2. The molecule has 2 N–H and O–H groups in total. The van der Waals surface area contributed by atoms with Gasteiger partial charge in [0.15, 0.2) is 0 Å². The lowest BCUT2D eigenvalue weighted by molar-refractivity contribution is -0.132. The molecule has 2 aromatic carbocycles. The van der Waals surface area contributed by atoms with E-state index in [1.165, 1.54) is 4.31 Å². The summed E-state index contributed by atoms with van der Waals surface area (Å²) in [4.78, 5) is 26.0. The normalized spacial score (nSPS) is 16.0. The van der Waals surface area contributed by atoms with Crippen molar-refractivity contribution in [3.8, 4) is 5.75 Å². The summed E-state index contributed by atoms with van der Waals surface area (Å²) in [6, 6.07) is 13.5. The van der Waals surface area contributed by atoms with Gasteiger partial charge in [-0.15, -0.1) is 0 Å². The molecule has 190 valence electrons. The van der Waals surface area contributed by atoms with Crippen LogP contribution in [-0.4, -0.2) is 50.8 Å². The number of hydrogen-bond donors (Lipinski definition) is 2. The number of sulfonamides is 1. The Bertz CT molecular complexity index is 1110. The lowest BCUT2D eigenvalue weighted by Gasteiger charge is -2.32. The molecule has 35 heavy (non-hydrogen) atoms. The zero-order chi connectivity index (χ0) is 25.6. The van der Waals surface area contributed by atoms with Crippen molar-refractivity contribution in [2.24, 2.45) is 11.8 Å². The number of benzene rings is 2. The van der Waals surface area contributed by atoms with E-state index in [1.54, 1.807) is 31.4 Å². The number of methoxy groups -OCH3 is 1. The molecule has 0 aliphatic carbocycles. The third-order valence-corrected chi connectivity index (χ3v) is 8.27. The maximum absolute atomic E-state index is 13.0. The standard InChI is InChI=1S/C26H35N3O5S/c1-18(2)24(26(31)27-17-20-7-9-22(34-4)10-8-20)28-25(30)21-13-15-29(16-14-21)35(32,33)23-11-5-19(3)6-12-23/h5-12,18,21,24H,13-17H2,1-4H3,(H,27,31)(H,28,30)/t24-/m0/s1. The van der Waals surface area contributed by atoms with Crippen LogP contribution in [0.2, 0.25) is 0 Å². The van der Waals surface area contributed by atoms with Crippen molar-refractivity contribution in [1.82, 2.24) is 14.9 Å². The van der Waals surface area contributed by atoms with Crippen LogP contribution in [0.5, 0.6) is 5.75 Å². The second-order valence-electron chi connectivity index (χ2n) is 9.29. The Morgan fingerprint density at radius 3 is 2.17 bits per heavy atom. The summed E-state index contributed by atoms with van der Waals surface area (Å²) in [6.07, 6.45) is 0.824. The van der Waals surface area contributed by atoms with Crippen molar-refractivity contribution in [3.63, 3.8) is 0 Å². The molecular formula is C26H35N3O5S. The first-order valence-electron chi connectivity index (χ1n) is 11.9. The molecule has 1 fully saturated rings. The van der Waals surface area contributed by atoms with Gasteiger partial charge in [0, 0.05) is 25.6 Å². The third-order valence-electron chi connectivity index (χ3n) is 6.36. The van der Waals surface area contributed by atoms with Crippen molar-refractivity contribution in [2.45, 2.75) is 51.1 Å². The molecule has 3 rings (SSSR count). The molecule has 0 radical (unpaired) electrons. The number of amides is 2. The SMILES string of the molecule is COc1ccc(CNC(=O)[C@@H](NC(=O)C2CCN(S(=O)(=O)c3ccc(C)cc3)CC2)C(C)C)cc1. The minimum absolute atomic E-state index is 0.100. The van der Waals surface area contributed by atoms with E-state index in [0.717, 1.165) is 16.9 Å². The summed E-state index contributed by atoms with van der Waals surface area (Å²) in [5, 5.41) is 5.79. The van der Waals surface area contributed by atoms with E-state index in [-0.39, 0.29) is 41.6 Å². The summed E-state index contributed by atoms with van der Waals surface area (Å²) >= 11 is 0. The van der Waals surface area contributed by atoms with Crippen LogP contribution < -0.4 is 15.4 Å². The Morgan fingerprint density at radius 2 is 1.63 bits per heavy atom. The van der Waals surface area contributed by atoms with Crippen molar-refractivity contribution in [3.05, 3.63) is 59.7 Å². The molecule has 0 aromatic heterocycles. The Kier molecular flexibility index (Phi) is 8.91. The van der Waals surface area contributed by atoms with Crippen molar-refractivity contribution in [2.75, 3.05) is 20.2 Å². The Hall–Kier alpha value is -2.91. The molecule has 2 aromatic rings. The van der Waals surface area contributed by atoms with E-state index in [4.69, 9.17) is 4.74 Å². The number of piperidine rings is 1. The molecule has 8 nitrogen and oxygen atoms in total. The summed E-state index contributed by atoms with van der Waals surface area (Å²) in [5.41, 5.74) is 1.92. The fraction of sp³-hybridized carbons (Fsp3) is 0.462. The van der Waals surface area contributed by atoms with Gasteiger partial charge in [-0.05, 0) is 55.5 Å². The Balaban J connectivity index is 1.54. The van der Waals surface area contributed by atoms with E-state index in [2.05, 4.69) is 10.6 Å². The zero-order valence-electron chi connectivity index (χ0n) is 20.8. The number of carbonyl (C=O) groups excluding carboxylic acids is 2. The van der Waals surface area contributed by atoms with E-state index in [0.29, 0.717) is 19.4 Å². The number of hydrogen-bond acceptors (Lipinski definition) is 5. The fourth-order valence-electron chi connectivity index (χ4n) is 4.07. The maximum atomic E-state index is 13.0. The number of nitrogens with one attached hydrogen (secondary N) is 2. The number of nitrogens with zero attached hydrogens (tertiary/aromatic N) is 1. The van der Waals surface area contributed by atoms with Crippen LogP contribution in [-0.2, 0) is 26.2 Å². The average Bonchev–Trinajstić information content (AvgIpc) is 2.86. The molecule has 9 heteroatoms. The highest BCUT2D eigenvalue weighted by atomic mass is 32.2. The van der Waals surface area contributed by atoms with E-state index in [1.807, 2.05) is 45.0 Å². The van der Waals surface area contributed by atoms with Gasteiger partial charge in [0.2, 0.25) is 21.8 Å². The molecule has 1 aliphatic heterocycles. The highest BCUT2D eigenvalue weighted by Crippen LogP contribution is 2.24. The van der Waals surface area contributed by atoms with Crippen molar-refractivity contribution < 1.29 is 22.7 Å². The first-order chi connectivity index (χ1) is 16.6. The lowest BCUT2D eigenvalue weighted by atomic mass is 9.95. The summed E-state index contributed by atoms with van der Waals surface area (Å²) in [7, 11) is -1.99. The van der Waals surface area contributed by atoms with E-state index in [9.17, 15) is 18.0 Å². The summed E-state index contributed by atoms with van der Waals surface area (Å²) in [5.74, 6) is -0.156. The van der Waals surface area contributed by atoms with Crippen molar-refractivity contribution in [1.29, 1.82) is 0 Å². The molecule has 0 spiro atoms. The molecule has 2 amide bonds. The average molecular weight is 502 g/mol. The van der Waals surface area contributed by atoms with Crippen molar-refractivity contribution >= 4 is 21.8 Å². The van der Waals surface area contributed by atoms with Crippen LogP contribution in [0.15, 0.2) is 53.4 Å². The summed E-state index contributed by atoms with van der Waals surface area (Å²) < 4.78 is 32.4. The highest BCUT2D eigenvalue weighted by molar-refractivity contribution is 7.89. The van der Waals surface area contributed by atoms with Gasteiger partial charge >= 0.3 is 0 Å². The van der Waals surface area contributed by atoms with Gasteiger partial charge in [-0.25, -0.2) is 8.42 Å². The fourth-order valence-corrected chi connectivity index (χ4v) is 5.54. The van der Waals surface area contributed by atoms with E-state index < -0.39 is 16.1 Å². The van der Waals surface area contributed by atoms with Crippen LogP contribution in [0.1, 0.15) is 37.8 Å². The first-order valence-corrected chi connectivity index (χ1v) is 13.3. The van der Waals surface area contributed by atoms with Crippen LogP contribution in [0.4, 0.5) is 0 Å². The van der Waals surface area contributed by atoms with Gasteiger partial charge in [0.05, 0.1) is 12.0 Å². The van der Waals surface area contributed by atoms with Gasteiger partial charge in [0.25, 0.3) is 0 Å². The van der Waals surface area contributed by atoms with Crippen LogP contribution in [0.3, 0.4) is 0 Å². The van der Waals surface area contributed by atoms with Crippen LogP contribution in [0.25, 0.3) is 0 Å². The molecule has 0 saturated carbocycles. The monoisotopic (exact) mass is 501 g/mol. The molecule has 1 atom stereocenters. The van der Waals surface area contributed by atoms with Gasteiger partial charge < -0.3 is 15.4 Å². The first kappa shape index (κ1) is 26.7. The second-order valence-corrected chi connectivity index (χ2v) is 11.2.